The van der Waals surface area contributed by atoms with Gasteiger partial charge in [0.15, 0.2) is 16.7 Å². The van der Waals surface area contributed by atoms with Crippen LogP contribution in [-0.2, 0) is 4.79 Å². The number of nitrogens with zero attached hydrogens (tertiary/aromatic N) is 4. The average Bonchev–Trinajstić information content (AvgIpc) is 3.26. The van der Waals surface area contributed by atoms with E-state index in [-0.39, 0.29) is 10.8 Å². The van der Waals surface area contributed by atoms with E-state index in [1.807, 2.05) is 91.0 Å². The zero-order valence-electron chi connectivity index (χ0n) is 17.3. The fourth-order valence-corrected chi connectivity index (χ4v) is 3.80. The largest absolute Gasteiger partial charge is 0.380 e. The van der Waals surface area contributed by atoms with Gasteiger partial charge in [0.05, 0.1) is 5.69 Å². The second-order valence-corrected chi connectivity index (χ2v) is 7.83. The highest BCUT2D eigenvalue weighted by Crippen LogP contribution is 2.29. The number of anilines is 1. The van der Waals surface area contributed by atoms with Gasteiger partial charge in [0.25, 0.3) is 0 Å². The van der Waals surface area contributed by atoms with E-state index in [0.717, 1.165) is 23.1 Å². The topological polar surface area (TPSA) is 92.4 Å². The predicted octanol–water partition coefficient (Wildman–Crippen LogP) is 4.46. The minimum atomic E-state index is -0.988. The van der Waals surface area contributed by atoms with Crippen LogP contribution >= 0.6 is 11.8 Å². The summed E-state index contributed by atoms with van der Waals surface area (Å²) in [5.74, 6) is 0.134. The number of ketones is 1. The number of aliphatic hydroxyl groups excluding tert-OH is 1. The second kappa shape index (κ2) is 10.0. The molecule has 0 bridgehead atoms. The quantitative estimate of drug-likeness (QED) is 0.190. The highest BCUT2D eigenvalue weighted by Gasteiger charge is 2.24. The van der Waals surface area contributed by atoms with Crippen molar-refractivity contribution in [2.45, 2.75) is 18.2 Å². The summed E-state index contributed by atoms with van der Waals surface area (Å²) in [6.07, 6.45) is -0.988. The molecule has 8 heteroatoms. The first kappa shape index (κ1) is 21.5. The summed E-state index contributed by atoms with van der Waals surface area (Å²) in [7, 11) is 0. The van der Waals surface area contributed by atoms with Crippen molar-refractivity contribution in [3.05, 3.63) is 102 Å². The summed E-state index contributed by atoms with van der Waals surface area (Å²) in [4.78, 5) is 12.3. The molecule has 0 saturated carbocycles. The van der Waals surface area contributed by atoms with E-state index in [0.29, 0.717) is 16.5 Å². The third kappa shape index (κ3) is 4.93. The molecule has 1 aromatic heterocycles. The van der Waals surface area contributed by atoms with E-state index in [1.54, 1.807) is 4.57 Å². The molecule has 2 N–H and O–H groups in total. The van der Waals surface area contributed by atoms with Gasteiger partial charge in [-0.15, -0.1) is 10.2 Å². The molecule has 0 radical (unpaired) electrons. The highest BCUT2D eigenvalue weighted by atomic mass is 32.2. The summed E-state index contributed by atoms with van der Waals surface area (Å²) in [5.41, 5.74) is 5.12. The van der Waals surface area contributed by atoms with E-state index in [1.165, 1.54) is 6.92 Å². The van der Waals surface area contributed by atoms with E-state index < -0.39 is 6.10 Å². The van der Waals surface area contributed by atoms with Gasteiger partial charge in [0.1, 0.15) is 6.10 Å². The summed E-state index contributed by atoms with van der Waals surface area (Å²) in [6.45, 7) is 1.45. The van der Waals surface area contributed by atoms with Gasteiger partial charge >= 0.3 is 0 Å². The molecule has 0 aliphatic rings. The lowest BCUT2D eigenvalue weighted by atomic mass is 10.1. The first-order valence-corrected chi connectivity index (χ1v) is 10.8. The Kier molecular flexibility index (Phi) is 6.74. The van der Waals surface area contributed by atoms with Crippen LogP contribution in [0.3, 0.4) is 0 Å². The summed E-state index contributed by atoms with van der Waals surface area (Å²) in [5, 5.41) is 24.4. The van der Waals surface area contributed by atoms with Crippen molar-refractivity contribution < 1.29 is 9.90 Å². The van der Waals surface area contributed by atoms with Gasteiger partial charge in [-0.1, -0.05) is 66.7 Å². The SMILES string of the molecule is CC(=O)/C(=N\Nc1ccccc1)Sc1nnc([C@H](O)c2ccccc2)n1-c1ccccc1. The van der Waals surface area contributed by atoms with E-state index >= 15 is 0 Å². The molecular formula is C24H21N5O2S. The van der Waals surface area contributed by atoms with Gasteiger partial charge < -0.3 is 5.11 Å². The number of carbonyl (C=O) groups is 1. The van der Waals surface area contributed by atoms with Crippen LogP contribution in [0.4, 0.5) is 5.69 Å². The Bertz CT molecular complexity index is 1210. The molecule has 0 amide bonds. The fraction of sp³-hybridized carbons (Fsp3) is 0.0833. The maximum atomic E-state index is 12.3. The van der Waals surface area contributed by atoms with E-state index in [9.17, 15) is 9.90 Å². The summed E-state index contributed by atoms with van der Waals surface area (Å²) in [6, 6.07) is 28.1. The average molecular weight is 444 g/mol. The monoisotopic (exact) mass is 443 g/mol. The summed E-state index contributed by atoms with van der Waals surface area (Å²) >= 11 is 1.09. The Hall–Kier alpha value is -3.75. The molecule has 4 rings (SSSR count). The molecule has 0 fully saturated rings. The number of para-hydroxylation sites is 2. The number of hydrazone groups is 1. The van der Waals surface area contributed by atoms with Crippen molar-refractivity contribution in [1.29, 1.82) is 0 Å². The molecular weight excluding hydrogens is 422 g/mol. The van der Waals surface area contributed by atoms with Crippen LogP contribution in [0.5, 0.6) is 0 Å². The van der Waals surface area contributed by atoms with Crippen LogP contribution in [0.2, 0.25) is 0 Å². The first-order chi connectivity index (χ1) is 15.6. The van der Waals surface area contributed by atoms with E-state index in [2.05, 4.69) is 20.7 Å². The maximum absolute atomic E-state index is 12.3. The molecule has 0 aliphatic heterocycles. The number of aromatic nitrogens is 3. The van der Waals surface area contributed by atoms with Gasteiger partial charge in [-0.25, -0.2) is 0 Å². The van der Waals surface area contributed by atoms with Crippen molar-refractivity contribution in [2.24, 2.45) is 5.10 Å². The Morgan fingerprint density at radius 3 is 2.16 bits per heavy atom. The molecule has 1 heterocycles. The van der Waals surface area contributed by atoms with E-state index in [4.69, 9.17) is 0 Å². The number of hydrogen-bond acceptors (Lipinski definition) is 7. The molecule has 0 unspecified atom stereocenters. The molecule has 32 heavy (non-hydrogen) atoms. The van der Waals surface area contributed by atoms with Crippen LogP contribution in [0.25, 0.3) is 5.69 Å². The third-order valence-corrected chi connectivity index (χ3v) is 5.60. The molecule has 7 nitrogen and oxygen atoms in total. The number of hydrogen-bond donors (Lipinski definition) is 2. The Balaban J connectivity index is 1.71. The van der Waals surface area contributed by atoms with Crippen LogP contribution < -0.4 is 5.43 Å². The van der Waals surface area contributed by atoms with Crippen LogP contribution in [0.1, 0.15) is 24.4 Å². The zero-order valence-corrected chi connectivity index (χ0v) is 18.1. The Labute approximate surface area is 189 Å². The van der Waals surface area contributed by atoms with Crippen LogP contribution in [-0.4, -0.2) is 30.7 Å². The minimum Gasteiger partial charge on any atom is -0.380 e. The van der Waals surface area contributed by atoms with Gasteiger partial charge in [-0.05, 0) is 41.6 Å². The van der Waals surface area contributed by atoms with Crippen molar-refractivity contribution in [3.8, 4) is 5.69 Å². The van der Waals surface area contributed by atoms with Crippen LogP contribution in [0, 0.1) is 0 Å². The van der Waals surface area contributed by atoms with Crippen molar-refractivity contribution in [2.75, 3.05) is 5.43 Å². The molecule has 0 spiro atoms. The fourth-order valence-electron chi connectivity index (χ4n) is 3.02. The zero-order chi connectivity index (χ0) is 22.3. The number of aliphatic hydroxyl groups is 1. The van der Waals surface area contributed by atoms with Crippen LogP contribution in [0.15, 0.2) is 101 Å². The number of nitrogens with one attached hydrogen (secondary N) is 1. The minimum absolute atomic E-state index is 0.216. The lowest BCUT2D eigenvalue weighted by molar-refractivity contribution is -0.110. The molecule has 0 saturated heterocycles. The lowest BCUT2D eigenvalue weighted by Crippen LogP contribution is -2.12. The molecule has 160 valence electrons. The first-order valence-electron chi connectivity index (χ1n) is 9.95. The lowest BCUT2D eigenvalue weighted by Gasteiger charge is -2.14. The standard InChI is InChI=1S/C24H21N5O2S/c1-17(30)23(27-25-19-13-7-3-8-14-19)32-24-28-26-22(21(31)18-11-5-2-6-12-18)29(24)20-15-9-4-10-16-20/h2-16,21,25,31H,1H3/b27-23+/t21-/m1/s1. The van der Waals surface area contributed by atoms with Crippen molar-refractivity contribution >= 4 is 28.3 Å². The van der Waals surface area contributed by atoms with Crippen molar-refractivity contribution in [3.63, 3.8) is 0 Å². The van der Waals surface area contributed by atoms with Gasteiger partial charge in [0, 0.05) is 12.6 Å². The Morgan fingerprint density at radius 1 is 0.938 bits per heavy atom. The Morgan fingerprint density at radius 2 is 1.53 bits per heavy atom. The normalized spacial score (nSPS) is 12.4. The molecule has 1 atom stereocenters. The van der Waals surface area contributed by atoms with Gasteiger partial charge in [-0.2, -0.15) is 5.10 Å². The maximum Gasteiger partial charge on any atom is 0.202 e. The molecule has 3 aromatic carbocycles. The third-order valence-electron chi connectivity index (χ3n) is 4.58. The second-order valence-electron chi connectivity index (χ2n) is 6.88. The number of Topliss-reactive ketones (excluding diaryl/α,β-unsaturated/α-hetero) is 1. The molecule has 4 aromatic rings. The summed E-state index contributed by atoms with van der Waals surface area (Å²) < 4.78 is 1.74. The predicted molar refractivity (Wildman–Crippen MR) is 126 cm³/mol. The highest BCUT2D eigenvalue weighted by molar-refractivity contribution is 8.15. The van der Waals surface area contributed by atoms with Gasteiger partial charge in [-0.3, -0.25) is 14.8 Å². The number of thioether (sulfide) groups is 1. The number of benzene rings is 3. The number of carbonyl (C=O) groups excluding carboxylic acids is 1. The smallest absolute Gasteiger partial charge is 0.202 e. The van der Waals surface area contributed by atoms with Crippen molar-refractivity contribution in [1.82, 2.24) is 14.8 Å². The number of rotatable bonds is 7. The molecule has 0 aliphatic carbocycles. The van der Waals surface area contributed by atoms with Gasteiger partial charge in [0.2, 0.25) is 5.16 Å².